The van der Waals surface area contributed by atoms with Crippen LogP contribution in [-0.4, -0.2) is 31.4 Å². The SMILES string of the molecule is COc1ccc(N2C(=O)C(C)OC2=S)cc1OC. The molecule has 2 rings (SSSR count). The van der Waals surface area contributed by atoms with Crippen molar-refractivity contribution in [3.63, 3.8) is 0 Å². The molecule has 1 aliphatic heterocycles. The van der Waals surface area contributed by atoms with Crippen LogP contribution in [0.5, 0.6) is 11.5 Å². The van der Waals surface area contributed by atoms with Gasteiger partial charge in [-0.25, -0.2) is 4.90 Å². The first-order valence-electron chi connectivity index (χ1n) is 5.35. The highest BCUT2D eigenvalue weighted by molar-refractivity contribution is 7.80. The first-order valence-corrected chi connectivity index (χ1v) is 5.76. The lowest BCUT2D eigenvalue weighted by Gasteiger charge is -2.15. The quantitative estimate of drug-likeness (QED) is 0.781. The summed E-state index contributed by atoms with van der Waals surface area (Å²) in [7, 11) is 3.08. The van der Waals surface area contributed by atoms with Gasteiger partial charge in [-0.2, -0.15) is 0 Å². The zero-order valence-corrected chi connectivity index (χ0v) is 11.1. The number of methoxy groups -OCH3 is 2. The molecule has 1 fully saturated rings. The highest BCUT2D eigenvalue weighted by Crippen LogP contribution is 2.33. The number of carbonyl (C=O) groups is 1. The van der Waals surface area contributed by atoms with E-state index in [-0.39, 0.29) is 11.1 Å². The molecular formula is C12H13NO4S. The molecule has 0 aliphatic carbocycles. The van der Waals surface area contributed by atoms with Crippen molar-refractivity contribution < 1.29 is 19.0 Å². The normalized spacial score (nSPS) is 18.8. The fraction of sp³-hybridized carbons (Fsp3) is 0.333. The average Bonchev–Trinajstić information content (AvgIpc) is 2.62. The summed E-state index contributed by atoms with van der Waals surface area (Å²) in [5, 5.41) is 0.153. The lowest BCUT2D eigenvalue weighted by molar-refractivity contribution is -0.121. The van der Waals surface area contributed by atoms with Gasteiger partial charge in [0.25, 0.3) is 11.1 Å². The van der Waals surface area contributed by atoms with Gasteiger partial charge in [0.05, 0.1) is 19.9 Å². The third-order valence-corrected chi connectivity index (χ3v) is 2.93. The fourth-order valence-corrected chi connectivity index (χ4v) is 2.06. The highest BCUT2D eigenvalue weighted by Gasteiger charge is 2.36. The van der Waals surface area contributed by atoms with Crippen molar-refractivity contribution in [3.8, 4) is 11.5 Å². The zero-order valence-electron chi connectivity index (χ0n) is 10.3. The van der Waals surface area contributed by atoms with E-state index in [0.29, 0.717) is 17.2 Å². The van der Waals surface area contributed by atoms with Crippen LogP contribution in [0, 0.1) is 0 Å². The van der Waals surface area contributed by atoms with Crippen molar-refractivity contribution >= 4 is 29.0 Å². The molecule has 18 heavy (non-hydrogen) atoms. The first kappa shape index (κ1) is 12.6. The van der Waals surface area contributed by atoms with E-state index in [4.69, 9.17) is 26.4 Å². The van der Waals surface area contributed by atoms with Crippen LogP contribution in [0.4, 0.5) is 5.69 Å². The number of nitrogens with zero attached hydrogens (tertiary/aromatic N) is 1. The summed E-state index contributed by atoms with van der Waals surface area (Å²) in [4.78, 5) is 13.3. The largest absolute Gasteiger partial charge is 0.493 e. The lowest BCUT2D eigenvalue weighted by atomic mass is 10.2. The topological polar surface area (TPSA) is 48.0 Å². The molecule has 6 heteroatoms. The van der Waals surface area contributed by atoms with Crippen LogP contribution in [0.2, 0.25) is 0 Å². The van der Waals surface area contributed by atoms with Crippen molar-refractivity contribution in [2.75, 3.05) is 19.1 Å². The Balaban J connectivity index is 2.40. The minimum absolute atomic E-state index is 0.153. The second-order valence-corrected chi connectivity index (χ2v) is 4.09. The van der Waals surface area contributed by atoms with E-state index in [0.717, 1.165) is 0 Å². The summed E-state index contributed by atoms with van der Waals surface area (Å²) in [6, 6.07) is 5.13. The molecule has 1 aromatic carbocycles. The number of hydrogen-bond acceptors (Lipinski definition) is 5. The second kappa shape index (κ2) is 4.81. The summed E-state index contributed by atoms with van der Waals surface area (Å²) in [5.74, 6) is 0.935. The molecule has 0 radical (unpaired) electrons. The average molecular weight is 267 g/mol. The van der Waals surface area contributed by atoms with Crippen LogP contribution >= 0.6 is 12.2 Å². The number of amides is 1. The van der Waals surface area contributed by atoms with Gasteiger partial charge in [-0.1, -0.05) is 0 Å². The number of ether oxygens (including phenoxy) is 3. The standard InChI is InChI=1S/C12H13NO4S/c1-7-11(14)13(12(18)17-7)8-4-5-9(15-2)10(6-8)16-3/h4-7H,1-3H3. The predicted octanol–water partition coefficient (Wildman–Crippen LogP) is 1.74. The van der Waals surface area contributed by atoms with E-state index in [9.17, 15) is 4.79 Å². The number of rotatable bonds is 3. The van der Waals surface area contributed by atoms with Gasteiger partial charge in [-0.3, -0.25) is 4.79 Å². The molecule has 1 aliphatic rings. The maximum atomic E-state index is 11.9. The van der Waals surface area contributed by atoms with Gasteiger partial charge in [0.15, 0.2) is 17.6 Å². The van der Waals surface area contributed by atoms with E-state index in [1.54, 1.807) is 32.2 Å². The number of thiocarbonyl (C=S) groups is 1. The third kappa shape index (κ3) is 1.99. The summed E-state index contributed by atoms with van der Waals surface area (Å²) in [6.07, 6.45) is -0.550. The highest BCUT2D eigenvalue weighted by atomic mass is 32.1. The number of hydrogen-bond donors (Lipinski definition) is 0. The van der Waals surface area contributed by atoms with E-state index in [2.05, 4.69) is 0 Å². The molecule has 0 N–H and O–H groups in total. The van der Waals surface area contributed by atoms with Gasteiger partial charge >= 0.3 is 0 Å². The minimum atomic E-state index is -0.550. The van der Waals surface area contributed by atoms with Gasteiger partial charge in [-0.15, -0.1) is 0 Å². The van der Waals surface area contributed by atoms with Crippen LogP contribution < -0.4 is 14.4 Å². The van der Waals surface area contributed by atoms with E-state index < -0.39 is 6.10 Å². The van der Waals surface area contributed by atoms with E-state index >= 15 is 0 Å². The minimum Gasteiger partial charge on any atom is -0.493 e. The summed E-state index contributed by atoms with van der Waals surface area (Å²) < 4.78 is 15.5. The molecule has 0 spiro atoms. The van der Waals surface area contributed by atoms with Crippen molar-refractivity contribution in [2.45, 2.75) is 13.0 Å². The van der Waals surface area contributed by atoms with Crippen LogP contribution in [0.3, 0.4) is 0 Å². The van der Waals surface area contributed by atoms with Crippen molar-refractivity contribution in [1.82, 2.24) is 0 Å². The maximum absolute atomic E-state index is 11.9. The second-order valence-electron chi connectivity index (χ2n) is 3.74. The predicted molar refractivity (Wildman–Crippen MR) is 70.2 cm³/mol. The number of benzene rings is 1. The van der Waals surface area contributed by atoms with Crippen molar-refractivity contribution in [2.24, 2.45) is 0 Å². The van der Waals surface area contributed by atoms with Gasteiger partial charge in [0.1, 0.15) is 0 Å². The van der Waals surface area contributed by atoms with Crippen molar-refractivity contribution in [3.05, 3.63) is 18.2 Å². The Kier molecular flexibility index (Phi) is 3.38. The monoisotopic (exact) mass is 267 g/mol. The maximum Gasteiger partial charge on any atom is 0.275 e. The first-order chi connectivity index (χ1) is 8.58. The zero-order chi connectivity index (χ0) is 13.3. The summed E-state index contributed by atoms with van der Waals surface area (Å²) >= 11 is 5.03. The Morgan fingerprint density at radius 3 is 2.44 bits per heavy atom. The molecule has 1 aromatic rings. The molecule has 1 amide bonds. The molecule has 0 bridgehead atoms. The Morgan fingerprint density at radius 1 is 1.28 bits per heavy atom. The molecule has 1 heterocycles. The molecular weight excluding hydrogens is 254 g/mol. The van der Waals surface area contributed by atoms with Crippen LogP contribution in [-0.2, 0) is 9.53 Å². The molecule has 1 unspecified atom stereocenters. The van der Waals surface area contributed by atoms with E-state index in [1.165, 1.54) is 12.0 Å². The number of carbonyl (C=O) groups excluding carboxylic acids is 1. The van der Waals surface area contributed by atoms with Gasteiger partial charge in [0.2, 0.25) is 0 Å². The molecule has 0 saturated carbocycles. The molecule has 1 atom stereocenters. The van der Waals surface area contributed by atoms with Crippen molar-refractivity contribution in [1.29, 1.82) is 0 Å². The molecule has 96 valence electrons. The summed E-state index contributed by atoms with van der Waals surface area (Å²) in [6.45, 7) is 1.66. The summed E-state index contributed by atoms with van der Waals surface area (Å²) in [5.41, 5.74) is 0.604. The fourth-order valence-electron chi connectivity index (χ4n) is 1.72. The smallest absolute Gasteiger partial charge is 0.275 e. The van der Waals surface area contributed by atoms with Gasteiger partial charge < -0.3 is 14.2 Å². The van der Waals surface area contributed by atoms with Gasteiger partial charge in [0, 0.05) is 6.07 Å². The Bertz CT molecular complexity index is 503. The van der Waals surface area contributed by atoms with E-state index in [1.807, 2.05) is 0 Å². The Hall–Kier alpha value is -1.82. The van der Waals surface area contributed by atoms with Crippen LogP contribution in [0.25, 0.3) is 0 Å². The van der Waals surface area contributed by atoms with Crippen LogP contribution in [0.1, 0.15) is 6.92 Å². The van der Waals surface area contributed by atoms with Crippen LogP contribution in [0.15, 0.2) is 18.2 Å². The Morgan fingerprint density at radius 2 is 1.94 bits per heavy atom. The molecule has 0 aromatic heterocycles. The lowest BCUT2D eigenvalue weighted by Crippen LogP contribution is -2.30. The molecule has 5 nitrogen and oxygen atoms in total. The third-order valence-electron chi connectivity index (χ3n) is 2.65. The molecule has 1 saturated heterocycles. The van der Waals surface area contributed by atoms with Gasteiger partial charge in [-0.05, 0) is 31.3 Å². The number of anilines is 1. The Labute approximate surface area is 110 Å².